The summed E-state index contributed by atoms with van der Waals surface area (Å²) in [6, 6.07) is 5.75. The molecule has 0 saturated heterocycles. The zero-order valence-corrected chi connectivity index (χ0v) is 16.7. The standard InChI is InChI=1S/C22H29N3O2/c1-14(2)18-8-6-16(4)20(13-18)24-25-22(27)11-10-21(26)23-19-9-7-15(3)17(5)12-19/h6-7,9,12,18H,1,8,10-11,13H2,2-5H3,(H,23,26)(H,25,27)/b24-20+/t18-/m0/s1. The average molecular weight is 367 g/mol. The van der Waals surface area contributed by atoms with Crippen LogP contribution in [-0.2, 0) is 9.59 Å². The highest BCUT2D eigenvalue weighted by Crippen LogP contribution is 2.26. The monoisotopic (exact) mass is 367 g/mol. The van der Waals surface area contributed by atoms with Crippen LogP contribution in [-0.4, -0.2) is 17.5 Å². The minimum Gasteiger partial charge on any atom is -0.326 e. The summed E-state index contributed by atoms with van der Waals surface area (Å²) in [5, 5.41) is 7.08. The summed E-state index contributed by atoms with van der Waals surface area (Å²) in [7, 11) is 0. The van der Waals surface area contributed by atoms with E-state index in [4.69, 9.17) is 0 Å². The molecule has 2 rings (SSSR count). The molecule has 1 atom stereocenters. The van der Waals surface area contributed by atoms with Gasteiger partial charge < -0.3 is 5.32 Å². The number of amides is 2. The lowest BCUT2D eigenvalue weighted by Gasteiger charge is -2.22. The highest BCUT2D eigenvalue weighted by atomic mass is 16.2. The van der Waals surface area contributed by atoms with E-state index in [-0.39, 0.29) is 24.7 Å². The summed E-state index contributed by atoms with van der Waals surface area (Å²) in [4.78, 5) is 24.1. The van der Waals surface area contributed by atoms with Gasteiger partial charge in [0.2, 0.25) is 11.8 Å². The Morgan fingerprint density at radius 2 is 1.85 bits per heavy atom. The quantitative estimate of drug-likeness (QED) is 0.577. The van der Waals surface area contributed by atoms with Gasteiger partial charge in [-0.05, 0) is 75.3 Å². The molecule has 1 aromatic carbocycles. The van der Waals surface area contributed by atoms with Gasteiger partial charge in [-0.2, -0.15) is 5.10 Å². The Hall–Kier alpha value is -2.69. The molecule has 0 spiro atoms. The molecule has 0 heterocycles. The number of carbonyl (C=O) groups is 2. The third-order valence-electron chi connectivity index (χ3n) is 4.99. The van der Waals surface area contributed by atoms with Gasteiger partial charge in [-0.25, -0.2) is 5.43 Å². The molecule has 0 aromatic heterocycles. The molecule has 0 bridgehead atoms. The number of anilines is 1. The Labute approximate surface area is 161 Å². The van der Waals surface area contributed by atoms with Crippen molar-refractivity contribution >= 4 is 23.2 Å². The number of hydrazone groups is 1. The first-order valence-corrected chi connectivity index (χ1v) is 9.31. The zero-order chi connectivity index (χ0) is 20.0. The summed E-state index contributed by atoms with van der Waals surface area (Å²) in [5.74, 6) is -0.0757. The van der Waals surface area contributed by atoms with Crippen LogP contribution in [0.25, 0.3) is 0 Å². The van der Waals surface area contributed by atoms with Gasteiger partial charge in [-0.3, -0.25) is 9.59 Å². The molecule has 2 N–H and O–H groups in total. The summed E-state index contributed by atoms with van der Waals surface area (Å²) >= 11 is 0. The zero-order valence-electron chi connectivity index (χ0n) is 16.7. The van der Waals surface area contributed by atoms with E-state index in [0.717, 1.165) is 41.0 Å². The predicted octanol–water partition coefficient (Wildman–Crippen LogP) is 4.43. The van der Waals surface area contributed by atoms with Crippen LogP contribution in [0.2, 0.25) is 0 Å². The van der Waals surface area contributed by atoms with E-state index in [2.05, 4.69) is 28.5 Å². The second kappa shape index (κ2) is 9.31. The van der Waals surface area contributed by atoms with Gasteiger partial charge in [0.1, 0.15) is 0 Å². The Balaban J connectivity index is 1.82. The second-order valence-electron chi connectivity index (χ2n) is 7.31. The molecule has 0 unspecified atom stereocenters. The van der Waals surface area contributed by atoms with Gasteiger partial charge in [-0.1, -0.05) is 24.3 Å². The SMILES string of the molecule is C=C(C)[C@H]1CC=C(C)/C(=N/NC(=O)CCC(=O)Nc2ccc(C)c(C)c2)C1. The smallest absolute Gasteiger partial charge is 0.240 e. The maximum absolute atomic E-state index is 12.0. The number of hydrogen-bond donors (Lipinski definition) is 2. The fourth-order valence-corrected chi connectivity index (χ4v) is 2.88. The third kappa shape index (κ3) is 6.20. The second-order valence-corrected chi connectivity index (χ2v) is 7.31. The molecule has 144 valence electrons. The highest BCUT2D eigenvalue weighted by molar-refractivity contribution is 6.01. The van der Waals surface area contributed by atoms with Crippen LogP contribution in [0.15, 0.2) is 47.1 Å². The molecule has 2 amide bonds. The molecule has 0 saturated carbocycles. The largest absolute Gasteiger partial charge is 0.326 e. The summed E-state index contributed by atoms with van der Waals surface area (Å²) in [6.07, 6.45) is 4.09. The molecule has 0 radical (unpaired) electrons. The topological polar surface area (TPSA) is 70.6 Å². The molecule has 0 fully saturated rings. The van der Waals surface area contributed by atoms with Crippen LogP contribution in [0.5, 0.6) is 0 Å². The Morgan fingerprint density at radius 1 is 1.15 bits per heavy atom. The lowest BCUT2D eigenvalue weighted by atomic mass is 9.85. The minimum absolute atomic E-state index is 0.0974. The average Bonchev–Trinajstić information content (AvgIpc) is 2.62. The molecule has 0 aliphatic heterocycles. The molecule has 5 nitrogen and oxygen atoms in total. The van der Waals surface area contributed by atoms with Crippen molar-refractivity contribution in [3.05, 3.63) is 53.1 Å². The molecular formula is C22H29N3O2. The highest BCUT2D eigenvalue weighted by Gasteiger charge is 2.18. The van der Waals surface area contributed by atoms with Crippen LogP contribution in [0.3, 0.4) is 0 Å². The van der Waals surface area contributed by atoms with Gasteiger partial charge in [0, 0.05) is 18.5 Å². The van der Waals surface area contributed by atoms with E-state index >= 15 is 0 Å². The van der Waals surface area contributed by atoms with Gasteiger partial charge in [0.05, 0.1) is 5.71 Å². The summed E-state index contributed by atoms with van der Waals surface area (Å²) in [5.41, 5.74) is 8.70. The van der Waals surface area contributed by atoms with Crippen molar-refractivity contribution in [2.75, 3.05) is 5.32 Å². The third-order valence-corrected chi connectivity index (χ3v) is 4.99. The van der Waals surface area contributed by atoms with Crippen LogP contribution in [0, 0.1) is 19.8 Å². The van der Waals surface area contributed by atoms with E-state index in [9.17, 15) is 9.59 Å². The van der Waals surface area contributed by atoms with E-state index in [1.165, 1.54) is 5.56 Å². The van der Waals surface area contributed by atoms with E-state index in [1.54, 1.807) is 0 Å². The van der Waals surface area contributed by atoms with Crippen molar-refractivity contribution in [2.45, 2.75) is 53.4 Å². The lowest BCUT2D eigenvalue weighted by Crippen LogP contribution is -2.24. The number of aryl methyl sites for hydroxylation is 2. The van der Waals surface area contributed by atoms with Crippen molar-refractivity contribution in [3.8, 4) is 0 Å². The van der Waals surface area contributed by atoms with Crippen molar-refractivity contribution in [3.63, 3.8) is 0 Å². The first kappa shape index (κ1) is 20.6. The van der Waals surface area contributed by atoms with Crippen LogP contribution in [0.1, 0.15) is 50.7 Å². The number of nitrogens with zero attached hydrogens (tertiary/aromatic N) is 1. The van der Waals surface area contributed by atoms with Crippen LogP contribution in [0.4, 0.5) is 5.69 Å². The first-order valence-electron chi connectivity index (χ1n) is 9.31. The minimum atomic E-state index is -0.261. The van der Waals surface area contributed by atoms with Crippen molar-refractivity contribution in [2.24, 2.45) is 11.0 Å². The number of benzene rings is 1. The summed E-state index contributed by atoms with van der Waals surface area (Å²) < 4.78 is 0. The molecule has 5 heteroatoms. The normalized spacial score (nSPS) is 18.0. The fourth-order valence-electron chi connectivity index (χ4n) is 2.88. The molecule has 1 aliphatic carbocycles. The number of nitrogens with one attached hydrogen (secondary N) is 2. The molecular weight excluding hydrogens is 338 g/mol. The number of carbonyl (C=O) groups excluding carboxylic acids is 2. The lowest BCUT2D eigenvalue weighted by molar-refractivity contribution is -0.124. The maximum atomic E-state index is 12.0. The molecule has 27 heavy (non-hydrogen) atoms. The molecule has 1 aromatic rings. The first-order chi connectivity index (χ1) is 12.8. The maximum Gasteiger partial charge on any atom is 0.240 e. The number of hydrogen-bond acceptors (Lipinski definition) is 3. The van der Waals surface area contributed by atoms with Crippen molar-refractivity contribution in [1.82, 2.24) is 5.43 Å². The fraction of sp³-hybridized carbons (Fsp3) is 0.409. The Morgan fingerprint density at radius 3 is 2.52 bits per heavy atom. The van der Waals surface area contributed by atoms with E-state index in [1.807, 2.05) is 45.9 Å². The van der Waals surface area contributed by atoms with Crippen molar-refractivity contribution in [1.29, 1.82) is 0 Å². The van der Waals surface area contributed by atoms with Crippen LogP contribution < -0.4 is 10.7 Å². The number of rotatable bonds is 6. The summed E-state index contributed by atoms with van der Waals surface area (Å²) in [6.45, 7) is 12.0. The molecule has 1 aliphatic rings. The van der Waals surface area contributed by atoms with Crippen molar-refractivity contribution < 1.29 is 9.59 Å². The Bertz CT molecular complexity index is 806. The Kier molecular flexibility index (Phi) is 7.11. The van der Waals surface area contributed by atoms with Gasteiger partial charge in [0.25, 0.3) is 0 Å². The van der Waals surface area contributed by atoms with Gasteiger partial charge in [-0.15, -0.1) is 0 Å². The van der Waals surface area contributed by atoms with E-state index < -0.39 is 0 Å². The predicted molar refractivity (Wildman–Crippen MR) is 111 cm³/mol. The van der Waals surface area contributed by atoms with Gasteiger partial charge >= 0.3 is 0 Å². The van der Waals surface area contributed by atoms with Crippen LogP contribution >= 0.6 is 0 Å². The van der Waals surface area contributed by atoms with E-state index in [0.29, 0.717) is 5.92 Å². The van der Waals surface area contributed by atoms with Gasteiger partial charge in [0.15, 0.2) is 0 Å². The number of allylic oxidation sites excluding steroid dienone is 3.